The summed E-state index contributed by atoms with van der Waals surface area (Å²) in [4.78, 5) is 5.16. The second kappa shape index (κ2) is 10.5. The Bertz CT molecular complexity index is 866. The standard InChI is InChI=1S/C25H33BrN2O2/c1-4-6-7-8-15-25(3)27-22(18-9-12-20(13-10-18)30-5-2)17-23(28-25)21-16-19(26)11-14-24(21)29/h9-14,16,23,28-29H,4-8,15,17H2,1-3H3. The van der Waals surface area contributed by atoms with Crippen LogP contribution >= 0.6 is 15.9 Å². The van der Waals surface area contributed by atoms with Gasteiger partial charge in [0.1, 0.15) is 17.2 Å². The van der Waals surface area contributed by atoms with Gasteiger partial charge in [-0.15, -0.1) is 0 Å². The number of phenols is 1. The average molecular weight is 473 g/mol. The van der Waals surface area contributed by atoms with Crippen molar-refractivity contribution in [2.75, 3.05) is 6.61 Å². The second-order valence-corrected chi connectivity index (χ2v) is 9.12. The lowest BCUT2D eigenvalue weighted by Crippen LogP contribution is -2.47. The Morgan fingerprint density at radius 3 is 2.60 bits per heavy atom. The summed E-state index contributed by atoms with van der Waals surface area (Å²) in [5.41, 5.74) is 2.72. The van der Waals surface area contributed by atoms with Crippen molar-refractivity contribution in [3.05, 3.63) is 58.1 Å². The van der Waals surface area contributed by atoms with Crippen LogP contribution in [0.5, 0.6) is 11.5 Å². The largest absolute Gasteiger partial charge is 0.508 e. The zero-order valence-corrected chi connectivity index (χ0v) is 19.8. The second-order valence-electron chi connectivity index (χ2n) is 8.20. The molecule has 0 saturated carbocycles. The SMILES string of the molecule is CCCCCCC1(C)N=C(c2ccc(OCC)cc2)CC(c2cc(Br)ccc2O)N1. The molecule has 0 saturated heterocycles. The normalized spacial score (nSPS) is 21.3. The lowest BCUT2D eigenvalue weighted by Gasteiger charge is -2.38. The van der Waals surface area contributed by atoms with Crippen LogP contribution in [0.15, 0.2) is 51.9 Å². The van der Waals surface area contributed by atoms with Crippen LogP contribution in [0.1, 0.15) is 76.5 Å². The number of nitrogens with one attached hydrogen (secondary N) is 1. The molecule has 1 heterocycles. The van der Waals surface area contributed by atoms with Crippen LogP contribution in [0.2, 0.25) is 0 Å². The molecule has 2 unspecified atom stereocenters. The summed E-state index contributed by atoms with van der Waals surface area (Å²) in [7, 11) is 0. The molecule has 0 aliphatic carbocycles. The van der Waals surface area contributed by atoms with Crippen LogP contribution in [0.4, 0.5) is 0 Å². The summed E-state index contributed by atoms with van der Waals surface area (Å²) in [6.45, 7) is 7.05. The number of halogens is 1. The predicted molar refractivity (Wildman–Crippen MR) is 128 cm³/mol. The minimum Gasteiger partial charge on any atom is -0.508 e. The third-order valence-corrected chi connectivity index (χ3v) is 6.14. The highest BCUT2D eigenvalue weighted by Gasteiger charge is 2.34. The van der Waals surface area contributed by atoms with E-state index in [1.807, 2.05) is 31.2 Å². The minimum absolute atomic E-state index is 0.00209. The van der Waals surface area contributed by atoms with Crippen molar-refractivity contribution in [1.82, 2.24) is 5.32 Å². The van der Waals surface area contributed by atoms with Crippen molar-refractivity contribution in [2.24, 2.45) is 4.99 Å². The van der Waals surface area contributed by atoms with E-state index in [0.29, 0.717) is 12.4 Å². The number of ether oxygens (including phenoxy) is 1. The van der Waals surface area contributed by atoms with E-state index in [1.54, 1.807) is 6.07 Å². The molecule has 0 bridgehead atoms. The highest BCUT2D eigenvalue weighted by atomic mass is 79.9. The quantitative estimate of drug-likeness (QED) is 0.396. The third-order valence-electron chi connectivity index (χ3n) is 5.65. The predicted octanol–water partition coefficient (Wildman–Crippen LogP) is 6.76. The Kier molecular flexibility index (Phi) is 7.95. The molecule has 1 aliphatic heterocycles. The topological polar surface area (TPSA) is 53.9 Å². The van der Waals surface area contributed by atoms with Crippen LogP contribution in [0.25, 0.3) is 0 Å². The van der Waals surface area contributed by atoms with E-state index >= 15 is 0 Å². The van der Waals surface area contributed by atoms with Gasteiger partial charge in [0.05, 0.1) is 6.61 Å². The van der Waals surface area contributed by atoms with Gasteiger partial charge in [-0.3, -0.25) is 10.3 Å². The van der Waals surface area contributed by atoms with Crippen molar-refractivity contribution >= 4 is 21.6 Å². The van der Waals surface area contributed by atoms with Gasteiger partial charge < -0.3 is 9.84 Å². The Morgan fingerprint density at radius 2 is 1.90 bits per heavy atom. The Balaban J connectivity index is 1.90. The molecule has 30 heavy (non-hydrogen) atoms. The van der Waals surface area contributed by atoms with Crippen molar-refractivity contribution < 1.29 is 9.84 Å². The first-order valence-electron chi connectivity index (χ1n) is 11.0. The molecule has 0 radical (unpaired) electrons. The summed E-state index contributed by atoms with van der Waals surface area (Å²) in [6.07, 6.45) is 6.52. The number of benzene rings is 2. The first kappa shape index (κ1) is 22.8. The number of hydrogen-bond acceptors (Lipinski definition) is 4. The molecule has 4 nitrogen and oxygen atoms in total. The number of nitrogens with zero attached hydrogens (tertiary/aromatic N) is 1. The summed E-state index contributed by atoms with van der Waals surface area (Å²) < 4.78 is 6.56. The summed E-state index contributed by atoms with van der Waals surface area (Å²) in [6, 6.07) is 13.8. The van der Waals surface area contributed by atoms with Crippen LogP contribution in [0, 0.1) is 0 Å². The fourth-order valence-electron chi connectivity index (χ4n) is 4.10. The Labute approximate surface area is 188 Å². The molecule has 0 aromatic heterocycles. The lowest BCUT2D eigenvalue weighted by atomic mass is 9.90. The zero-order chi connectivity index (χ0) is 21.6. The highest BCUT2D eigenvalue weighted by Crippen LogP contribution is 2.36. The van der Waals surface area contributed by atoms with Gasteiger partial charge in [-0.05, 0) is 74.7 Å². The number of hydrogen-bond donors (Lipinski definition) is 2. The smallest absolute Gasteiger partial charge is 0.120 e. The number of unbranched alkanes of at least 4 members (excludes halogenated alkanes) is 3. The van der Waals surface area contributed by atoms with Crippen molar-refractivity contribution in [3.8, 4) is 11.5 Å². The van der Waals surface area contributed by atoms with Gasteiger partial charge in [0.15, 0.2) is 0 Å². The highest BCUT2D eigenvalue weighted by molar-refractivity contribution is 9.10. The minimum atomic E-state index is -0.362. The van der Waals surface area contributed by atoms with Gasteiger partial charge in [0.2, 0.25) is 0 Å². The van der Waals surface area contributed by atoms with Crippen LogP contribution < -0.4 is 10.1 Å². The van der Waals surface area contributed by atoms with E-state index in [-0.39, 0.29) is 11.7 Å². The Hall–Kier alpha value is -1.85. The van der Waals surface area contributed by atoms with Gasteiger partial charge in [-0.2, -0.15) is 0 Å². The lowest BCUT2D eigenvalue weighted by molar-refractivity contribution is 0.277. The first-order chi connectivity index (χ1) is 14.4. The summed E-state index contributed by atoms with van der Waals surface area (Å²) in [5.74, 6) is 1.19. The van der Waals surface area contributed by atoms with Gasteiger partial charge in [-0.25, -0.2) is 0 Å². The fraction of sp³-hybridized carbons (Fsp3) is 0.480. The molecule has 2 aromatic rings. The maximum absolute atomic E-state index is 10.5. The molecular weight excluding hydrogens is 440 g/mol. The number of rotatable bonds is 9. The van der Waals surface area contributed by atoms with E-state index in [0.717, 1.165) is 46.3 Å². The van der Waals surface area contributed by atoms with Crippen molar-refractivity contribution in [1.29, 1.82) is 0 Å². The number of aliphatic imine (C=N–C) groups is 1. The third kappa shape index (κ3) is 5.86. The first-order valence-corrected chi connectivity index (χ1v) is 11.8. The molecule has 2 N–H and O–H groups in total. The van der Waals surface area contributed by atoms with Gasteiger partial charge in [0, 0.05) is 28.2 Å². The molecule has 2 aromatic carbocycles. The average Bonchev–Trinajstić information content (AvgIpc) is 2.73. The fourth-order valence-corrected chi connectivity index (χ4v) is 4.48. The molecule has 0 fully saturated rings. The monoisotopic (exact) mass is 472 g/mol. The van der Waals surface area contributed by atoms with Gasteiger partial charge in [-0.1, -0.05) is 42.1 Å². The van der Waals surface area contributed by atoms with Crippen LogP contribution in [-0.2, 0) is 0 Å². The van der Waals surface area contributed by atoms with Gasteiger partial charge in [0.25, 0.3) is 0 Å². The number of aromatic hydroxyl groups is 1. The molecule has 0 amide bonds. The summed E-state index contributed by atoms with van der Waals surface area (Å²) >= 11 is 3.55. The molecule has 0 spiro atoms. The maximum atomic E-state index is 10.5. The van der Waals surface area contributed by atoms with Crippen LogP contribution in [0.3, 0.4) is 0 Å². The van der Waals surface area contributed by atoms with E-state index < -0.39 is 0 Å². The molecule has 162 valence electrons. The van der Waals surface area contributed by atoms with Crippen LogP contribution in [-0.4, -0.2) is 23.1 Å². The molecule has 2 atom stereocenters. The van der Waals surface area contributed by atoms with E-state index in [9.17, 15) is 5.11 Å². The molecular formula is C25H33BrN2O2. The van der Waals surface area contributed by atoms with E-state index in [2.05, 4.69) is 47.2 Å². The van der Waals surface area contributed by atoms with Crippen molar-refractivity contribution in [3.63, 3.8) is 0 Å². The molecule has 1 aliphatic rings. The zero-order valence-electron chi connectivity index (χ0n) is 18.2. The van der Waals surface area contributed by atoms with Crippen molar-refractivity contribution in [2.45, 2.75) is 71.0 Å². The van der Waals surface area contributed by atoms with E-state index in [4.69, 9.17) is 9.73 Å². The van der Waals surface area contributed by atoms with E-state index in [1.165, 1.54) is 19.3 Å². The van der Waals surface area contributed by atoms with Gasteiger partial charge >= 0.3 is 0 Å². The molecule has 3 rings (SSSR count). The Morgan fingerprint density at radius 1 is 1.13 bits per heavy atom. The summed E-state index contributed by atoms with van der Waals surface area (Å²) in [5, 5.41) is 14.3. The maximum Gasteiger partial charge on any atom is 0.120 e. The molecule has 5 heteroatoms. The number of phenolic OH excluding ortho intramolecular Hbond substituents is 1.